The summed E-state index contributed by atoms with van der Waals surface area (Å²) in [5, 5.41) is 2.09. The molecule has 0 amide bonds. The van der Waals surface area contributed by atoms with Crippen molar-refractivity contribution in [2.24, 2.45) is 5.92 Å². The maximum atomic E-state index is 11.6. The molecule has 1 aliphatic carbocycles. The zero-order chi connectivity index (χ0) is 14.1. The quantitative estimate of drug-likeness (QED) is 0.852. The standard InChI is InChI=1S/C16H18N2O2/c1-20-16(19)13-3-2-10(9-13)11-4-5-14-12(8-11)6-7-18-15(14)17/h4-8,10,13H,2-3,9H2,1H3,(H2,17,18). The van der Waals surface area contributed by atoms with E-state index in [0.717, 1.165) is 30.0 Å². The van der Waals surface area contributed by atoms with Crippen LogP contribution in [-0.2, 0) is 9.53 Å². The summed E-state index contributed by atoms with van der Waals surface area (Å²) in [7, 11) is 1.46. The van der Waals surface area contributed by atoms with E-state index in [1.807, 2.05) is 12.1 Å². The van der Waals surface area contributed by atoms with E-state index in [2.05, 4.69) is 17.1 Å². The lowest BCUT2D eigenvalue weighted by Crippen LogP contribution is -2.12. The lowest BCUT2D eigenvalue weighted by atomic mass is 9.94. The van der Waals surface area contributed by atoms with Gasteiger partial charge in [-0.1, -0.05) is 18.2 Å². The average Bonchev–Trinajstić information content (AvgIpc) is 2.96. The highest BCUT2D eigenvalue weighted by molar-refractivity contribution is 5.91. The molecule has 1 aliphatic rings. The smallest absolute Gasteiger partial charge is 0.308 e. The van der Waals surface area contributed by atoms with E-state index in [1.54, 1.807) is 6.20 Å². The number of methoxy groups -OCH3 is 1. The molecule has 0 radical (unpaired) electrons. The number of fused-ring (bicyclic) bond motifs is 1. The van der Waals surface area contributed by atoms with Gasteiger partial charge in [-0.15, -0.1) is 0 Å². The first-order chi connectivity index (χ1) is 9.69. The predicted octanol–water partition coefficient (Wildman–Crippen LogP) is 2.87. The second-order valence-electron chi connectivity index (χ2n) is 5.41. The molecule has 3 rings (SSSR count). The highest BCUT2D eigenvalue weighted by atomic mass is 16.5. The number of aromatic nitrogens is 1. The van der Waals surface area contributed by atoms with Gasteiger partial charge in [-0.2, -0.15) is 0 Å². The number of hydrogen-bond acceptors (Lipinski definition) is 4. The van der Waals surface area contributed by atoms with E-state index in [1.165, 1.54) is 12.7 Å². The van der Waals surface area contributed by atoms with Crippen molar-refractivity contribution in [1.82, 2.24) is 4.98 Å². The molecule has 20 heavy (non-hydrogen) atoms. The minimum absolute atomic E-state index is 0.0446. The van der Waals surface area contributed by atoms with E-state index >= 15 is 0 Å². The minimum Gasteiger partial charge on any atom is -0.469 e. The number of carbonyl (C=O) groups excluding carboxylic acids is 1. The molecule has 2 aromatic rings. The Balaban J connectivity index is 1.87. The molecule has 1 aromatic heterocycles. The van der Waals surface area contributed by atoms with E-state index in [-0.39, 0.29) is 11.9 Å². The number of pyridine rings is 1. The highest BCUT2D eigenvalue weighted by Gasteiger charge is 2.31. The molecule has 0 saturated heterocycles. The average molecular weight is 270 g/mol. The Morgan fingerprint density at radius 2 is 2.20 bits per heavy atom. The van der Waals surface area contributed by atoms with Crippen molar-refractivity contribution in [2.45, 2.75) is 25.2 Å². The molecule has 104 valence electrons. The fourth-order valence-corrected chi connectivity index (χ4v) is 3.14. The number of rotatable bonds is 2. The molecular formula is C16H18N2O2. The van der Waals surface area contributed by atoms with Gasteiger partial charge in [-0.3, -0.25) is 4.79 Å². The van der Waals surface area contributed by atoms with Crippen molar-refractivity contribution in [3.8, 4) is 0 Å². The van der Waals surface area contributed by atoms with Gasteiger partial charge in [0.1, 0.15) is 5.82 Å². The van der Waals surface area contributed by atoms with E-state index < -0.39 is 0 Å². The van der Waals surface area contributed by atoms with Crippen LogP contribution in [0.25, 0.3) is 10.8 Å². The van der Waals surface area contributed by atoms with Crippen LogP contribution < -0.4 is 5.73 Å². The van der Waals surface area contributed by atoms with E-state index in [4.69, 9.17) is 10.5 Å². The van der Waals surface area contributed by atoms with Crippen molar-refractivity contribution in [1.29, 1.82) is 0 Å². The molecule has 0 spiro atoms. The summed E-state index contributed by atoms with van der Waals surface area (Å²) in [6.45, 7) is 0. The minimum atomic E-state index is -0.0817. The van der Waals surface area contributed by atoms with Crippen molar-refractivity contribution in [3.63, 3.8) is 0 Å². The lowest BCUT2D eigenvalue weighted by molar-refractivity contribution is -0.145. The molecule has 1 heterocycles. The number of hydrogen-bond donors (Lipinski definition) is 1. The maximum Gasteiger partial charge on any atom is 0.308 e. The van der Waals surface area contributed by atoms with Crippen LogP contribution in [0.2, 0.25) is 0 Å². The summed E-state index contributed by atoms with van der Waals surface area (Å²) in [6, 6.07) is 8.27. The monoisotopic (exact) mass is 270 g/mol. The van der Waals surface area contributed by atoms with Crippen LogP contribution in [0.5, 0.6) is 0 Å². The maximum absolute atomic E-state index is 11.6. The second kappa shape index (κ2) is 5.12. The van der Waals surface area contributed by atoms with E-state index in [0.29, 0.717) is 11.7 Å². The number of nitrogens with zero attached hydrogens (tertiary/aromatic N) is 1. The SMILES string of the molecule is COC(=O)C1CCC(c2ccc3c(N)nccc3c2)C1. The summed E-state index contributed by atoms with van der Waals surface area (Å²) in [4.78, 5) is 15.7. The molecule has 0 bridgehead atoms. The third-order valence-corrected chi connectivity index (χ3v) is 4.26. The zero-order valence-corrected chi connectivity index (χ0v) is 11.5. The lowest BCUT2D eigenvalue weighted by Gasteiger charge is -2.12. The van der Waals surface area contributed by atoms with Gasteiger partial charge in [0.15, 0.2) is 0 Å². The highest BCUT2D eigenvalue weighted by Crippen LogP contribution is 2.39. The molecule has 2 unspecified atom stereocenters. The predicted molar refractivity (Wildman–Crippen MR) is 78.3 cm³/mol. The Morgan fingerprint density at radius 3 is 3.00 bits per heavy atom. The summed E-state index contributed by atoms with van der Waals surface area (Å²) >= 11 is 0. The first kappa shape index (κ1) is 12.9. The summed E-state index contributed by atoms with van der Waals surface area (Å²) in [5.74, 6) is 0.954. The van der Waals surface area contributed by atoms with E-state index in [9.17, 15) is 4.79 Å². The topological polar surface area (TPSA) is 65.2 Å². The Morgan fingerprint density at radius 1 is 1.35 bits per heavy atom. The number of carbonyl (C=O) groups is 1. The van der Waals surface area contributed by atoms with Crippen LogP contribution >= 0.6 is 0 Å². The van der Waals surface area contributed by atoms with Crippen molar-refractivity contribution in [2.75, 3.05) is 12.8 Å². The van der Waals surface area contributed by atoms with Crippen LogP contribution in [0, 0.1) is 5.92 Å². The molecule has 1 fully saturated rings. The molecule has 1 saturated carbocycles. The molecule has 4 nitrogen and oxygen atoms in total. The fraction of sp³-hybridized carbons (Fsp3) is 0.375. The largest absolute Gasteiger partial charge is 0.469 e. The molecule has 0 aliphatic heterocycles. The summed E-state index contributed by atoms with van der Waals surface area (Å²) in [5.41, 5.74) is 7.14. The Bertz CT molecular complexity index is 654. The van der Waals surface area contributed by atoms with Gasteiger partial charge in [0, 0.05) is 11.6 Å². The third-order valence-electron chi connectivity index (χ3n) is 4.26. The number of ether oxygens (including phenoxy) is 1. The number of esters is 1. The Kier molecular flexibility index (Phi) is 3.30. The van der Waals surface area contributed by atoms with Crippen LogP contribution in [0.15, 0.2) is 30.5 Å². The number of anilines is 1. The molecule has 4 heteroatoms. The third kappa shape index (κ3) is 2.22. The van der Waals surface area contributed by atoms with Gasteiger partial charge >= 0.3 is 5.97 Å². The van der Waals surface area contributed by atoms with Gasteiger partial charge in [-0.25, -0.2) is 4.98 Å². The van der Waals surface area contributed by atoms with Crippen LogP contribution in [-0.4, -0.2) is 18.1 Å². The van der Waals surface area contributed by atoms with Crippen LogP contribution in [0.4, 0.5) is 5.82 Å². The fourth-order valence-electron chi connectivity index (χ4n) is 3.14. The molecular weight excluding hydrogens is 252 g/mol. The van der Waals surface area contributed by atoms with Gasteiger partial charge in [0.25, 0.3) is 0 Å². The van der Waals surface area contributed by atoms with Gasteiger partial charge < -0.3 is 10.5 Å². The first-order valence-electron chi connectivity index (χ1n) is 6.91. The zero-order valence-electron chi connectivity index (χ0n) is 11.5. The van der Waals surface area contributed by atoms with Crippen molar-refractivity contribution in [3.05, 3.63) is 36.0 Å². The first-order valence-corrected chi connectivity index (χ1v) is 6.91. The molecule has 1 aromatic carbocycles. The van der Waals surface area contributed by atoms with Crippen LogP contribution in [0.3, 0.4) is 0 Å². The normalized spacial score (nSPS) is 22.1. The van der Waals surface area contributed by atoms with Gasteiger partial charge in [-0.05, 0) is 42.2 Å². The summed E-state index contributed by atoms with van der Waals surface area (Å²) in [6.07, 6.45) is 4.55. The summed E-state index contributed by atoms with van der Waals surface area (Å²) < 4.78 is 4.84. The van der Waals surface area contributed by atoms with Crippen molar-refractivity contribution >= 4 is 22.6 Å². The van der Waals surface area contributed by atoms with Gasteiger partial charge in [0.05, 0.1) is 13.0 Å². The number of benzene rings is 1. The van der Waals surface area contributed by atoms with Crippen LogP contribution in [0.1, 0.15) is 30.7 Å². The van der Waals surface area contributed by atoms with Crippen molar-refractivity contribution < 1.29 is 9.53 Å². The Hall–Kier alpha value is -2.10. The number of nitrogens with two attached hydrogens (primary N) is 1. The second-order valence-corrected chi connectivity index (χ2v) is 5.41. The van der Waals surface area contributed by atoms with Gasteiger partial charge in [0.2, 0.25) is 0 Å². The Labute approximate surface area is 117 Å². The molecule has 2 atom stereocenters. The number of nitrogen functional groups attached to an aromatic ring is 1. The molecule has 2 N–H and O–H groups in total.